The summed E-state index contributed by atoms with van der Waals surface area (Å²) in [5.41, 5.74) is 6.16. The van der Waals surface area contributed by atoms with Crippen LogP contribution in [0.2, 0.25) is 0 Å². The average Bonchev–Trinajstić information content (AvgIpc) is 3.65. The lowest BCUT2D eigenvalue weighted by atomic mass is 9.90. The largest absolute Gasteiger partial charge is 0.338 e. The SMILES string of the molecule is Cc1ccc(-n2nc(C(C)(C)C)cc2NC(=O)Nc2ccc(CC3CCN(C(=O)c4sc(S(C)(=O)=O)c5c4CCC=C5)CC3)cc2)cc1. The Morgan fingerprint density at radius 1 is 1.00 bits per heavy atom. The number of hydrogen-bond donors (Lipinski definition) is 2. The number of hydrogen-bond acceptors (Lipinski definition) is 6. The predicted octanol–water partition coefficient (Wildman–Crippen LogP) is 7.64. The molecule has 2 aromatic carbocycles. The maximum absolute atomic E-state index is 13.5. The van der Waals surface area contributed by atoms with Gasteiger partial charge >= 0.3 is 6.03 Å². The van der Waals surface area contributed by atoms with Crippen molar-refractivity contribution in [3.63, 3.8) is 0 Å². The predicted molar refractivity (Wildman–Crippen MR) is 193 cm³/mol. The molecule has 1 aliphatic carbocycles. The fraction of sp³-hybridized carbons (Fsp3) is 0.378. The van der Waals surface area contributed by atoms with Crippen molar-refractivity contribution in [2.75, 3.05) is 30.0 Å². The molecule has 1 fully saturated rings. The minimum atomic E-state index is -3.41. The zero-order valence-corrected chi connectivity index (χ0v) is 29.8. The molecule has 0 bridgehead atoms. The van der Waals surface area contributed by atoms with Crippen LogP contribution in [0.3, 0.4) is 0 Å². The Morgan fingerprint density at radius 3 is 2.33 bits per heavy atom. The highest BCUT2D eigenvalue weighted by molar-refractivity contribution is 7.92. The van der Waals surface area contributed by atoms with Gasteiger partial charge in [-0.1, -0.05) is 62.8 Å². The number of piperidine rings is 1. The van der Waals surface area contributed by atoms with Crippen molar-refractivity contribution >= 4 is 50.7 Å². The molecule has 1 saturated heterocycles. The molecule has 2 aromatic heterocycles. The van der Waals surface area contributed by atoms with E-state index in [2.05, 4.69) is 31.4 Å². The number of allylic oxidation sites excluding steroid dienone is 1. The molecule has 4 aromatic rings. The summed E-state index contributed by atoms with van der Waals surface area (Å²) in [6.45, 7) is 9.61. The summed E-state index contributed by atoms with van der Waals surface area (Å²) < 4.78 is 26.9. The Labute approximate surface area is 287 Å². The van der Waals surface area contributed by atoms with Crippen molar-refractivity contribution in [1.82, 2.24) is 14.7 Å². The lowest BCUT2D eigenvalue weighted by Crippen LogP contribution is -2.39. The number of aryl methyl sites for hydroxylation is 1. The van der Waals surface area contributed by atoms with Crippen molar-refractivity contribution < 1.29 is 18.0 Å². The number of nitrogens with zero attached hydrogens (tertiary/aromatic N) is 3. The summed E-state index contributed by atoms with van der Waals surface area (Å²) in [6.07, 6.45) is 9.20. The Balaban J connectivity index is 1.04. The Hall–Kier alpha value is -4.22. The van der Waals surface area contributed by atoms with E-state index in [9.17, 15) is 18.0 Å². The van der Waals surface area contributed by atoms with Crippen molar-refractivity contribution in [3.8, 4) is 5.69 Å². The van der Waals surface area contributed by atoms with Crippen molar-refractivity contribution in [2.45, 2.75) is 69.4 Å². The number of carbonyl (C=O) groups excluding carboxylic acids is 2. The molecule has 0 saturated carbocycles. The van der Waals surface area contributed by atoms with E-state index in [1.54, 1.807) is 4.68 Å². The Morgan fingerprint density at radius 2 is 1.69 bits per heavy atom. The van der Waals surface area contributed by atoms with Gasteiger partial charge in [-0.15, -0.1) is 11.3 Å². The van der Waals surface area contributed by atoms with E-state index in [1.807, 2.05) is 78.6 Å². The molecule has 48 heavy (non-hydrogen) atoms. The number of urea groups is 1. The number of rotatable bonds is 7. The van der Waals surface area contributed by atoms with Crippen LogP contribution in [0.5, 0.6) is 0 Å². The van der Waals surface area contributed by atoms with Crippen LogP contribution in [0, 0.1) is 12.8 Å². The van der Waals surface area contributed by atoms with Crippen LogP contribution >= 0.6 is 11.3 Å². The van der Waals surface area contributed by atoms with E-state index < -0.39 is 9.84 Å². The van der Waals surface area contributed by atoms with E-state index in [0.717, 1.165) is 59.5 Å². The second kappa shape index (κ2) is 13.4. The summed E-state index contributed by atoms with van der Waals surface area (Å²) >= 11 is 1.13. The number of thiophene rings is 1. The molecule has 252 valence electrons. The summed E-state index contributed by atoms with van der Waals surface area (Å²) in [6, 6.07) is 17.5. The summed E-state index contributed by atoms with van der Waals surface area (Å²) in [5, 5.41) is 10.7. The van der Waals surface area contributed by atoms with Gasteiger partial charge in [0.2, 0.25) is 0 Å². The van der Waals surface area contributed by atoms with Crippen LogP contribution < -0.4 is 10.6 Å². The number of aromatic nitrogens is 2. The first-order chi connectivity index (χ1) is 22.8. The van der Waals surface area contributed by atoms with Gasteiger partial charge in [0.15, 0.2) is 9.84 Å². The van der Waals surface area contributed by atoms with Gasteiger partial charge in [0, 0.05) is 42.1 Å². The number of carbonyl (C=O) groups is 2. The molecule has 3 heterocycles. The highest BCUT2D eigenvalue weighted by atomic mass is 32.2. The first-order valence-corrected chi connectivity index (χ1v) is 19.1. The second-order valence-electron chi connectivity index (χ2n) is 14.0. The fourth-order valence-electron chi connectivity index (χ4n) is 6.29. The molecule has 2 N–H and O–H groups in total. The Bertz CT molecular complexity index is 1960. The molecule has 9 nitrogen and oxygen atoms in total. The quantitative estimate of drug-likeness (QED) is 0.208. The van der Waals surface area contributed by atoms with Crippen LogP contribution in [0.1, 0.15) is 77.7 Å². The highest BCUT2D eigenvalue weighted by Gasteiger charge is 2.31. The molecule has 6 rings (SSSR count). The molecule has 0 unspecified atom stereocenters. The van der Waals surface area contributed by atoms with Gasteiger partial charge in [0.05, 0.1) is 16.3 Å². The van der Waals surface area contributed by atoms with Gasteiger partial charge in [-0.2, -0.15) is 5.10 Å². The van der Waals surface area contributed by atoms with E-state index in [1.165, 1.54) is 11.8 Å². The van der Waals surface area contributed by atoms with Gasteiger partial charge in [0.25, 0.3) is 5.91 Å². The minimum Gasteiger partial charge on any atom is -0.338 e. The number of fused-ring (bicyclic) bond motifs is 1. The lowest BCUT2D eigenvalue weighted by molar-refractivity contribution is 0.0694. The van der Waals surface area contributed by atoms with Crippen molar-refractivity contribution in [1.29, 1.82) is 0 Å². The van der Waals surface area contributed by atoms with Gasteiger partial charge < -0.3 is 10.2 Å². The monoisotopic (exact) mass is 685 g/mol. The minimum absolute atomic E-state index is 0.0508. The maximum Gasteiger partial charge on any atom is 0.324 e. The number of nitrogens with one attached hydrogen (secondary N) is 2. The van der Waals surface area contributed by atoms with Gasteiger partial charge in [-0.25, -0.2) is 17.9 Å². The number of likely N-dealkylation sites (tertiary alicyclic amines) is 1. The molecule has 0 spiro atoms. The lowest BCUT2D eigenvalue weighted by Gasteiger charge is -2.32. The maximum atomic E-state index is 13.5. The van der Waals surface area contributed by atoms with Crippen molar-refractivity contribution in [2.24, 2.45) is 5.92 Å². The molecule has 0 atom stereocenters. The zero-order chi connectivity index (χ0) is 34.2. The normalized spacial score (nSPS) is 15.3. The van der Waals surface area contributed by atoms with E-state index in [0.29, 0.717) is 51.6 Å². The average molecular weight is 686 g/mol. The van der Waals surface area contributed by atoms with E-state index in [4.69, 9.17) is 5.10 Å². The van der Waals surface area contributed by atoms with Crippen molar-refractivity contribution in [3.05, 3.63) is 93.5 Å². The number of anilines is 2. The third-order valence-electron chi connectivity index (χ3n) is 9.03. The standard InChI is InChI=1S/C37H43N5O4S2/c1-24-10-16-28(17-11-24)42-32(23-31(40-42)37(2,3)4)39-36(44)38-27-14-12-25(13-15-27)22-26-18-20-41(21-19-26)34(43)33-29-8-6-7-9-30(29)35(47-33)48(5,45)46/h7,9-17,23,26H,6,8,18-22H2,1-5H3,(H2,38,39,44). The first kappa shape index (κ1) is 33.7. The summed E-state index contributed by atoms with van der Waals surface area (Å²) in [5.74, 6) is 0.974. The molecule has 3 amide bonds. The molecule has 2 aliphatic rings. The van der Waals surface area contributed by atoms with Gasteiger partial charge in [-0.05, 0) is 80.3 Å². The zero-order valence-electron chi connectivity index (χ0n) is 28.2. The van der Waals surface area contributed by atoms with Gasteiger partial charge in [0.1, 0.15) is 10.0 Å². The molecule has 11 heteroatoms. The van der Waals surface area contributed by atoms with Gasteiger partial charge in [-0.3, -0.25) is 10.1 Å². The molecular formula is C37H43N5O4S2. The van der Waals surface area contributed by atoms with Crippen LogP contribution in [0.4, 0.5) is 16.3 Å². The smallest absolute Gasteiger partial charge is 0.324 e. The summed E-state index contributed by atoms with van der Waals surface area (Å²) in [7, 11) is -3.41. The third kappa shape index (κ3) is 7.42. The number of sulfone groups is 1. The first-order valence-electron chi connectivity index (χ1n) is 16.4. The number of amides is 3. The van der Waals surface area contributed by atoms with Crippen LogP contribution in [-0.4, -0.2) is 54.4 Å². The third-order valence-corrected chi connectivity index (χ3v) is 12.1. The molecule has 1 aliphatic heterocycles. The van der Waals surface area contributed by atoms with Crippen LogP contribution in [-0.2, 0) is 28.1 Å². The molecule has 0 radical (unpaired) electrons. The second-order valence-corrected chi connectivity index (χ2v) is 17.2. The highest BCUT2D eigenvalue weighted by Crippen LogP contribution is 2.38. The topological polar surface area (TPSA) is 113 Å². The summed E-state index contributed by atoms with van der Waals surface area (Å²) in [4.78, 5) is 29.1. The Kier molecular flexibility index (Phi) is 9.37. The van der Waals surface area contributed by atoms with E-state index >= 15 is 0 Å². The molecular weight excluding hydrogens is 643 g/mol. The number of benzene rings is 2. The van der Waals surface area contributed by atoms with Crippen LogP contribution in [0.15, 0.2) is 64.9 Å². The van der Waals surface area contributed by atoms with E-state index in [-0.39, 0.29) is 17.4 Å². The fourth-order valence-corrected chi connectivity index (χ4v) is 8.77. The van der Waals surface area contributed by atoms with Crippen LogP contribution in [0.25, 0.3) is 11.8 Å².